The number of nitrogens with zero attached hydrogens (tertiary/aromatic N) is 2. The maximum Gasteiger partial charge on any atom is 0.243 e. The van der Waals surface area contributed by atoms with Gasteiger partial charge in [-0.2, -0.15) is 9.41 Å². The molecule has 1 aromatic carbocycles. The number of ether oxygens (including phenoxy) is 1. The number of rotatable bonds is 5. The fourth-order valence-electron chi connectivity index (χ4n) is 2.44. The summed E-state index contributed by atoms with van der Waals surface area (Å²) in [4.78, 5) is 11.8. The van der Waals surface area contributed by atoms with Crippen molar-refractivity contribution in [1.82, 2.24) is 9.73 Å². The normalized spacial score (nSPS) is 20.0. The van der Waals surface area contributed by atoms with Crippen LogP contribution in [0.1, 0.15) is 25.3 Å². The summed E-state index contributed by atoms with van der Waals surface area (Å²) in [6.45, 7) is 3.36. The topological polar surface area (TPSA) is 88.1 Å². The highest BCUT2D eigenvalue weighted by molar-refractivity contribution is 7.89. The van der Waals surface area contributed by atoms with E-state index in [-0.39, 0.29) is 16.7 Å². The van der Waals surface area contributed by atoms with Crippen molar-refractivity contribution in [1.29, 1.82) is 0 Å². The van der Waals surface area contributed by atoms with Crippen LogP contribution in [0.3, 0.4) is 0 Å². The van der Waals surface area contributed by atoms with Gasteiger partial charge < -0.3 is 4.74 Å². The number of hydrazone groups is 1. The minimum Gasteiger partial charge on any atom is -0.379 e. The third-order valence-electron chi connectivity index (χ3n) is 4.16. The molecule has 8 heteroatoms. The number of carbonyl (C=O) groups is 1. The summed E-state index contributed by atoms with van der Waals surface area (Å²) in [5.74, 6) is 0.0449. The maximum atomic E-state index is 12.5. The number of sulfonamides is 1. The Morgan fingerprint density at radius 3 is 2.42 bits per heavy atom. The van der Waals surface area contributed by atoms with E-state index in [9.17, 15) is 13.2 Å². The van der Waals surface area contributed by atoms with Crippen LogP contribution in [0.25, 0.3) is 0 Å². The summed E-state index contributed by atoms with van der Waals surface area (Å²) in [5, 5.41) is 4.08. The van der Waals surface area contributed by atoms with Crippen molar-refractivity contribution in [3.63, 3.8) is 0 Å². The van der Waals surface area contributed by atoms with Gasteiger partial charge in [-0.05, 0) is 37.5 Å². The monoisotopic (exact) mass is 351 g/mol. The van der Waals surface area contributed by atoms with Gasteiger partial charge in [0, 0.05) is 19.0 Å². The van der Waals surface area contributed by atoms with Gasteiger partial charge in [0.1, 0.15) is 0 Å². The fraction of sp³-hybridized carbons (Fsp3) is 0.500. The summed E-state index contributed by atoms with van der Waals surface area (Å²) in [5.41, 5.74) is 3.96. The van der Waals surface area contributed by atoms with Gasteiger partial charge in [0.15, 0.2) is 0 Å². The molecule has 1 saturated carbocycles. The number of amides is 1. The Labute approximate surface area is 141 Å². The van der Waals surface area contributed by atoms with Crippen LogP contribution in [-0.2, 0) is 19.6 Å². The molecule has 0 spiro atoms. The molecule has 0 radical (unpaired) electrons. The highest BCUT2D eigenvalue weighted by Crippen LogP contribution is 2.28. The zero-order valence-electron chi connectivity index (χ0n) is 13.6. The number of benzene rings is 1. The predicted octanol–water partition coefficient (Wildman–Crippen LogP) is 0.958. The minimum atomic E-state index is -3.49. The molecule has 3 rings (SSSR count). The first-order chi connectivity index (χ1) is 11.5. The third kappa shape index (κ3) is 3.82. The average Bonchev–Trinajstić information content (AvgIpc) is 3.45. The smallest absolute Gasteiger partial charge is 0.243 e. The largest absolute Gasteiger partial charge is 0.379 e. The zero-order valence-corrected chi connectivity index (χ0v) is 14.4. The summed E-state index contributed by atoms with van der Waals surface area (Å²) in [6, 6.07) is 6.55. The SMILES string of the molecule is C/C(=N\NC(=O)C1CC1)c1ccc(S(=O)(=O)N2CCOCC2)cc1. The standard InChI is InChI=1S/C16H21N3O4S/c1-12(17-18-16(20)14-2-3-14)13-4-6-15(7-5-13)24(21,22)19-8-10-23-11-9-19/h4-7,14H,2-3,8-11H2,1H3,(H,18,20)/b17-12+. The minimum absolute atomic E-state index is 0.0548. The summed E-state index contributed by atoms with van der Waals surface area (Å²) in [6.07, 6.45) is 1.85. The Morgan fingerprint density at radius 2 is 1.83 bits per heavy atom. The van der Waals surface area contributed by atoms with Gasteiger partial charge in [-0.3, -0.25) is 4.79 Å². The molecule has 0 atom stereocenters. The molecule has 1 aromatic rings. The molecule has 1 aliphatic carbocycles. The van der Waals surface area contributed by atoms with Crippen LogP contribution in [0, 0.1) is 5.92 Å². The molecule has 0 aromatic heterocycles. The van der Waals surface area contributed by atoms with Gasteiger partial charge in [-0.15, -0.1) is 0 Å². The fourth-order valence-corrected chi connectivity index (χ4v) is 3.85. The van der Waals surface area contributed by atoms with Gasteiger partial charge in [0.05, 0.1) is 23.8 Å². The molecule has 24 heavy (non-hydrogen) atoms. The lowest BCUT2D eigenvalue weighted by atomic mass is 10.1. The second-order valence-electron chi connectivity index (χ2n) is 5.99. The molecule has 0 unspecified atom stereocenters. The van der Waals surface area contributed by atoms with Crippen molar-refractivity contribution >= 4 is 21.6 Å². The van der Waals surface area contributed by atoms with Gasteiger partial charge in [0.2, 0.25) is 15.9 Å². The molecule has 1 heterocycles. The average molecular weight is 351 g/mol. The van der Waals surface area contributed by atoms with Crippen molar-refractivity contribution in [3.8, 4) is 0 Å². The molecule has 1 aliphatic heterocycles. The first kappa shape index (κ1) is 17.1. The molecule has 1 N–H and O–H groups in total. The first-order valence-corrected chi connectivity index (χ1v) is 9.45. The van der Waals surface area contributed by atoms with Crippen LogP contribution in [0.15, 0.2) is 34.3 Å². The van der Waals surface area contributed by atoms with Crippen LogP contribution in [-0.4, -0.2) is 50.6 Å². The van der Waals surface area contributed by atoms with Gasteiger partial charge in [0.25, 0.3) is 0 Å². The molecule has 2 fully saturated rings. The van der Waals surface area contributed by atoms with Crippen LogP contribution >= 0.6 is 0 Å². The number of hydrogen-bond acceptors (Lipinski definition) is 5. The number of morpholine rings is 1. The Bertz CT molecular complexity index is 733. The molecule has 1 amide bonds. The molecule has 0 bridgehead atoms. The van der Waals surface area contributed by atoms with E-state index >= 15 is 0 Å². The van der Waals surface area contributed by atoms with Gasteiger partial charge in [-0.1, -0.05) is 12.1 Å². The van der Waals surface area contributed by atoms with E-state index in [2.05, 4.69) is 10.5 Å². The highest BCUT2D eigenvalue weighted by atomic mass is 32.2. The molecular weight excluding hydrogens is 330 g/mol. The van der Waals surface area contributed by atoms with Gasteiger partial charge >= 0.3 is 0 Å². The van der Waals surface area contributed by atoms with Crippen molar-refractivity contribution in [2.75, 3.05) is 26.3 Å². The van der Waals surface area contributed by atoms with Crippen LogP contribution in [0.2, 0.25) is 0 Å². The second-order valence-corrected chi connectivity index (χ2v) is 7.93. The zero-order chi connectivity index (χ0) is 17.2. The first-order valence-electron chi connectivity index (χ1n) is 8.01. The van der Waals surface area contributed by atoms with Crippen LogP contribution < -0.4 is 5.43 Å². The molecule has 2 aliphatic rings. The molecular formula is C16H21N3O4S. The van der Waals surface area contributed by atoms with E-state index in [4.69, 9.17) is 4.74 Å². The lowest BCUT2D eigenvalue weighted by molar-refractivity contribution is -0.122. The molecule has 7 nitrogen and oxygen atoms in total. The van der Waals surface area contributed by atoms with E-state index in [0.29, 0.717) is 32.0 Å². The summed E-state index contributed by atoms with van der Waals surface area (Å²) >= 11 is 0. The number of nitrogens with one attached hydrogen (secondary N) is 1. The van der Waals surface area contributed by atoms with Gasteiger partial charge in [-0.25, -0.2) is 13.8 Å². The Morgan fingerprint density at radius 1 is 1.21 bits per heavy atom. The third-order valence-corrected chi connectivity index (χ3v) is 6.07. The van der Waals surface area contributed by atoms with E-state index in [0.717, 1.165) is 18.4 Å². The van der Waals surface area contributed by atoms with Crippen molar-refractivity contribution in [3.05, 3.63) is 29.8 Å². The van der Waals surface area contributed by atoms with Crippen molar-refractivity contribution < 1.29 is 17.9 Å². The van der Waals surface area contributed by atoms with E-state index in [1.54, 1.807) is 31.2 Å². The highest BCUT2D eigenvalue weighted by Gasteiger charge is 2.29. The van der Waals surface area contributed by atoms with Crippen LogP contribution in [0.5, 0.6) is 0 Å². The quantitative estimate of drug-likeness (QED) is 0.632. The Balaban J connectivity index is 1.70. The lowest BCUT2D eigenvalue weighted by Crippen LogP contribution is -2.40. The van der Waals surface area contributed by atoms with E-state index in [1.807, 2.05) is 0 Å². The predicted molar refractivity (Wildman–Crippen MR) is 89.1 cm³/mol. The van der Waals surface area contributed by atoms with Crippen molar-refractivity contribution in [2.45, 2.75) is 24.7 Å². The summed E-state index contributed by atoms with van der Waals surface area (Å²) in [7, 11) is -3.49. The van der Waals surface area contributed by atoms with Crippen molar-refractivity contribution in [2.24, 2.45) is 11.0 Å². The summed E-state index contributed by atoms with van der Waals surface area (Å²) < 4.78 is 31.7. The maximum absolute atomic E-state index is 12.5. The lowest BCUT2D eigenvalue weighted by Gasteiger charge is -2.26. The van der Waals surface area contributed by atoms with Crippen LogP contribution in [0.4, 0.5) is 0 Å². The second kappa shape index (κ2) is 7.00. The van der Waals surface area contributed by atoms with E-state index < -0.39 is 10.0 Å². The van der Waals surface area contributed by atoms with E-state index in [1.165, 1.54) is 4.31 Å². The number of hydrogen-bond donors (Lipinski definition) is 1. The Kier molecular flexibility index (Phi) is 4.98. The molecule has 130 valence electrons. The number of carbonyl (C=O) groups excluding carboxylic acids is 1. The Hall–Kier alpha value is -1.77. The molecule has 1 saturated heterocycles.